The molecule has 0 radical (unpaired) electrons. The van der Waals surface area contributed by atoms with Crippen molar-refractivity contribution in [2.24, 2.45) is 0 Å². The van der Waals surface area contributed by atoms with E-state index in [0.717, 1.165) is 5.56 Å². The van der Waals surface area contributed by atoms with E-state index in [-0.39, 0.29) is 16.7 Å². The van der Waals surface area contributed by atoms with E-state index in [1.165, 1.54) is 0 Å². The summed E-state index contributed by atoms with van der Waals surface area (Å²) in [7, 11) is 0. The summed E-state index contributed by atoms with van der Waals surface area (Å²) >= 11 is 0. The first-order valence-electron chi connectivity index (χ1n) is 5.15. The van der Waals surface area contributed by atoms with Gasteiger partial charge in [0.15, 0.2) is 0 Å². The average Bonchev–Trinajstić information content (AvgIpc) is 2.26. The molecule has 16 heavy (non-hydrogen) atoms. The Morgan fingerprint density at radius 3 is 2.88 bits per heavy atom. The van der Waals surface area contributed by atoms with Crippen LogP contribution in [0.2, 0.25) is 0 Å². The number of nitrogens with one attached hydrogen (secondary N) is 1. The molecule has 0 aliphatic heterocycles. The van der Waals surface area contributed by atoms with Crippen molar-refractivity contribution >= 4 is 5.69 Å². The molecular weight excluding hydrogens is 204 g/mol. The summed E-state index contributed by atoms with van der Waals surface area (Å²) in [5.74, 6) is 0. The lowest BCUT2D eigenvalue weighted by molar-refractivity contribution is -0.385. The molecule has 0 aliphatic rings. The maximum Gasteiger partial charge on any atom is 0.272 e. The number of hydrogen-bond acceptors (Lipinski definition) is 3. The smallest absolute Gasteiger partial charge is 0.272 e. The summed E-state index contributed by atoms with van der Waals surface area (Å²) in [6.45, 7) is 8.01. The molecule has 0 bridgehead atoms. The van der Waals surface area contributed by atoms with Crippen LogP contribution in [0, 0.1) is 17.0 Å². The maximum absolute atomic E-state index is 10.8. The van der Waals surface area contributed by atoms with Crippen LogP contribution in [0.25, 0.3) is 0 Å². The van der Waals surface area contributed by atoms with E-state index in [9.17, 15) is 10.1 Å². The fourth-order valence-electron chi connectivity index (χ4n) is 1.47. The van der Waals surface area contributed by atoms with Gasteiger partial charge < -0.3 is 5.32 Å². The first-order chi connectivity index (χ1) is 7.56. The molecule has 86 valence electrons. The highest BCUT2D eigenvalue weighted by atomic mass is 16.6. The molecule has 4 nitrogen and oxygen atoms in total. The number of hydrogen-bond donors (Lipinski definition) is 1. The molecule has 0 aliphatic carbocycles. The zero-order valence-electron chi connectivity index (χ0n) is 9.56. The Morgan fingerprint density at radius 1 is 1.62 bits per heavy atom. The molecule has 0 heterocycles. The van der Waals surface area contributed by atoms with Crippen LogP contribution >= 0.6 is 0 Å². The summed E-state index contributed by atoms with van der Waals surface area (Å²) in [6, 6.07) is 5.39. The monoisotopic (exact) mass is 220 g/mol. The van der Waals surface area contributed by atoms with Gasteiger partial charge in [-0.3, -0.25) is 10.1 Å². The second kappa shape index (κ2) is 5.42. The molecule has 1 aromatic rings. The minimum absolute atomic E-state index is 0.0808. The molecule has 0 aromatic heterocycles. The van der Waals surface area contributed by atoms with Gasteiger partial charge in [-0.2, -0.15) is 0 Å². The fourth-order valence-corrected chi connectivity index (χ4v) is 1.47. The van der Waals surface area contributed by atoms with Gasteiger partial charge in [0.05, 0.1) is 4.92 Å². The van der Waals surface area contributed by atoms with Crippen molar-refractivity contribution in [2.45, 2.75) is 19.9 Å². The molecule has 1 atom stereocenters. The van der Waals surface area contributed by atoms with Gasteiger partial charge in [0.25, 0.3) is 5.69 Å². The summed E-state index contributed by atoms with van der Waals surface area (Å²) in [4.78, 5) is 10.4. The van der Waals surface area contributed by atoms with E-state index >= 15 is 0 Å². The van der Waals surface area contributed by atoms with E-state index in [1.54, 1.807) is 25.1 Å². The van der Waals surface area contributed by atoms with Gasteiger partial charge in [-0.05, 0) is 19.4 Å². The number of nitrogens with zero attached hydrogens (tertiary/aromatic N) is 1. The Hall–Kier alpha value is -1.68. The zero-order chi connectivity index (χ0) is 12.1. The summed E-state index contributed by atoms with van der Waals surface area (Å²) < 4.78 is 0. The molecule has 0 amide bonds. The normalized spacial score (nSPS) is 12.1. The first-order valence-corrected chi connectivity index (χ1v) is 5.15. The highest BCUT2D eigenvalue weighted by Gasteiger charge is 2.13. The molecule has 0 saturated heterocycles. The number of nitro benzene ring substituents is 1. The molecular formula is C12H16N2O2. The lowest BCUT2D eigenvalue weighted by atomic mass is 10.0. The predicted octanol–water partition coefficient (Wildman–Crippen LogP) is 2.74. The van der Waals surface area contributed by atoms with Crippen LogP contribution in [0.1, 0.15) is 24.1 Å². The molecule has 1 rings (SSSR count). The van der Waals surface area contributed by atoms with Crippen LogP contribution in [-0.4, -0.2) is 11.5 Å². The lowest BCUT2D eigenvalue weighted by Crippen LogP contribution is -2.18. The van der Waals surface area contributed by atoms with Crippen LogP contribution in [0.15, 0.2) is 30.9 Å². The molecule has 0 spiro atoms. The standard InChI is InChI=1S/C12H16N2O2/c1-4-7-13-10(3)11-6-5-9(2)12(8-11)14(15)16/h4-6,8,10,13H,1,7H2,2-3H3. The molecule has 0 saturated carbocycles. The largest absolute Gasteiger partial charge is 0.307 e. The van der Waals surface area contributed by atoms with Crippen molar-refractivity contribution < 1.29 is 4.92 Å². The van der Waals surface area contributed by atoms with Crippen molar-refractivity contribution in [2.75, 3.05) is 6.54 Å². The topological polar surface area (TPSA) is 55.2 Å². The van der Waals surface area contributed by atoms with Crippen LogP contribution in [0.3, 0.4) is 0 Å². The van der Waals surface area contributed by atoms with Gasteiger partial charge in [-0.15, -0.1) is 6.58 Å². The average molecular weight is 220 g/mol. The fraction of sp³-hybridized carbons (Fsp3) is 0.333. The Kier molecular flexibility index (Phi) is 4.19. The van der Waals surface area contributed by atoms with Gasteiger partial charge in [0, 0.05) is 24.2 Å². The maximum atomic E-state index is 10.8. The van der Waals surface area contributed by atoms with Gasteiger partial charge in [-0.1, -0.05) is 18.2 Å². The predicted molar refractivity (Wildman–Crippen MR) is 64.4 cm³/mol. The molecule has 0 fully saturated rings. The van der Waals surface area contributed by atoms with Crippen molar-refractivity contribution in [1.29, 1.82) is 0 Å². The summed E-state index contributed by atoms with van der Waals surface area (Å²) in [6.07, 6.45) is 1.76. The quantitative estimate of drug-likeness (QED) is 0.471. The molecule has 4 heteroatoms. The first kappa shape index (κ1) is 12.4. The van der Waals surface area contributed by atoms with E-state index in [1.807, 2.05) is 13.0 Å². The molecule has 1 aromatic carbocycles. The van der Waals surface area contributed by atoms with Crippen LogP contribution < -0.4 is 5.32 Å². The highest BCUT2D eigenvalue weighted by molar-refractivity contribution is 5.43. The van der Waals surface area contributed by atoms with Crippen LogP contribution in [0.5, 0.6) is 0 Å². The lowest BCUT2D eigenvalue weighted by Gasteiger charge is -2.12. The molecule has 1 N–H and O–H groups in total. The second-order valence-corrected chi connectivity index (χ2v) is 3.72. The third-order valence-corrected chi connectivity index (χ3v) is 2.50. The second-order valence-electron chi connectivity index (χ2n) is 3.72. The number of nitro groups is 1. The Balaban J connectivity index is 2.93. The number of rotatable bonds is 5. The van der Waals surface area contributed by atoms with Crippen molar-refractivity contribution in [3.63, 3.8) is 0 Å². The summed E-state index contributed by atoms with van der Waals surface area (Å²) in [5, 5.41) is 14.0. The number of benzene rings is 1. The summed E-state index contributed by atoms with van der Waals surface area (Å²) in [5.41, 5.74) is 1.77. The third-order valence-electron chi connectivity index (χ3n) is 2.50. The van der Waals surface area contributed by atoms with Gasteiger partial charge in [0.2, 0.25) is 0 Å². The van der Waals surface area contributed by atoms with Crippen molar-refractivity contribution in [3.8, 4) is 0 Å². The minimum Gasteiger partial charge on any atom is -0.307 e. The van der Waals surface area contributed by atoms with Gasteiger partial charge >= 0.3 is 0 Å². The van der Waals surface area contributed by atoms with E-state index in [2.05, 4.69) is 11.9 Å². The Bertz CT molecular complexity index is 402. The highest BCUT2D eigenvalue weighted by Crippen LogP contribution is 2.22. The third kappa shape index (κ3) is 2.90. The number of aryl methyl sites for hydroxylation is 1. The van der Waals surface area contributed by atoms with Gasteiger partial charge in [-0.25, -0.2) is 0 Å². The van der Waals surface area contributed by atoms with Crippen molar-refractivity contribution in [1.82, 2.24) is 5.32 Å². The SMILES string of the molecule is C=CCNC(C)c1ccc(C)c([N+](=O)[O-])c1. The van der Waals surface area contributed by atoms with E-state index in [4.69, 9.17) is 0 Å². The van der Waals surface area contributed by atoms with E-state index < -0.39 is 0 Å². The van der Waals surface area contributed by atoms with Gasteiger partial charge in [0.1, 0.15) is 0 Å². The molecule has 1 unspecified atom stereocenters. The van der Waals surface area contributed by atoms with Crippen LogP contribution in [0.4, 0.5) is 5.69 Å². The zero-order valence-corrected chi connectivity index (χ0v) is 9.56. The Labute approximate surface area is 95.1 Å². The van der Waals surface area contributed by atoms with E-state index in [0.29, 0.717) is 12.1 Å². The van der Waals surface area contributed by atoms with Crippen molar-refractivity contribution in [3.05, 3.63) is 52.1 Å². The minimum atomic E-state index is -0.348. The van der Waals surface area contributed by atoms with Crippen LogP contribution in [-0.2, 0) is 0 Å². The Morgan fingerprint density at radius 2 is 2.31 bits per heavy atom.